The number of anilines is 2. The minimum absolute atomic E-state index is 0.0953. The number of rotatable bonds is 7. The highest BCUT2D eigenvalue weighted by Crippen LogP contribution is 2.27. The number of hydrogen-bond donors (Lipinski definition) is 0. The van der Waals surface area contributed by atoms with Gasteiger partial charge < -0.3 is 19.6 Å². The van der Waals surface area contributed by atoms with E-state index in [1.54, 1.807) is 12.1 Å². The van der Waals surface area contributed by atoms with Crippen LogP contribution in [0, 0.1) is 5.82 Å². The van der Waals surface area contributed by atoms with Crippen LogP contribution in [0.15, 0.2) is 59.8 Å². The molecule has 38 heavy (non-hydrogen) atoms. The van der Waals surface area contributed by atoms with Gasteiger partial charge in [0.15, 0.2) is 5.16 Å². The second-order valence-corrected chi connectivity index (χ2v) is 10.8. The molecular weight excluding hydrogens is 523 g/mol. The summed E-state index contributed by atoms with van der Waals surface area (Å²) in [6, 6.07) is 16.5. The van der Waals surface area contributed by atoms with Gasteiger partial charge in [0.2, 0.25) is 0 Å². The number of piperazine rings is 2. The molecule has 5 rings (SSSR count). The van der Waals surface area contributed by atoms with Gasteiger partial charge in [0.05, 0.1) is 5.69 Å². The number of para-hydroxylation sites is 1. The van der Waals surface area contributed by atoms with E-state index in [4.69, 9.17) is 16.6 Å². The minimum atomic E-state index is -0.197. The first-order valence-corrected chi connectivity index (χ1v) is 14.4. The molecule has 0 bridgehead atoms. The van der Waals surface area contributed by atoms with Crippen LogP contribution in [0.5, 0.6) is 0 Å². The van der Waals surface area contributed by atoms with Gasteiger partial charge in [0.25, 0.3) is 5.91 Å². The second kappa shape index (κ2) is 12.3. The normalized spacial score (nSPS) is 16.7. The molecule has 0 aliphatic carbocycles. The van der Waals surface area contributed by atoms with Crippen molar-refractivity contribution in [2.24, 2.45) is 0 Å². The van der Waals surface area contributed by atoms with Crippen LogP contribution in [0.2, 0.25) is 5.15 Å². The molecule has 2 aromatic carbocycles. The van der Waals surface area contributed by atoms with Gasteiger partial charge in [-0.15, -0.1) is 0 Å². The minimum Gasteiger partial charge on any atom is -0.366 e. The number of amides is 1. The first kappa shape index (κ1) is 26.7. The predicted octanol–water partition coefficient (Wildman–Crippen LogP) is 4.67. The summed E-state index contributed by atoms with van der Waals surface area (Å²) in [5, 5.41) is 1.01. The molecule has 0 radical (unpaired) electrons. The van der Waals surface area contributed by atoms with Crippen LogP contribution in [0.25, 0.3) is 0 Å². The lowest BCUT2D eigenvalue weighted by molar-refractivity contribution is 0.0643. The Labute approximate surface area is 232 Å². The lowest BCUT2D eigenvalue weighted by atomic mass is 10.1. The summed E-state index contributed by atoms with van der Waals surface area (Å²) in [5.41, 5.74) is 2.45. The zero-order chi connectivity index (χ0) is 26.5. The fourth-order valence-electron chi connectivity index (χ4n) is 4.84. The predicted molar refractivity (Wildman–Crippen MR) is 152 cm³/mol. The van der Waals surface area contributed by atoms with Crippen molar-refractivity contribution in [3.05, 3.63) is 76.7 Å². The van der Waals surface area contributed by atoms with Gasteiger partial charge in [0.1, 0.15) is 16.8 Å². The third kappa shape index (κ3) is 6.39. The summed E-state index contributed by atoms with van der Waals surface area (Å²) in [4.78, 5) is 30.5. The monoisotopic (exact) mass is 554 g/mol. The van der Waals surface area contributed by atoms with E-state index in [1.807, 2.05) is 41.3 Å². The molecule has 0 N–H and O–H groups in total. The van der Waals surface area contributed by atoms with Crippen LogP contribution in [-0.2, 0) is 5.75 Å². The second-order valence-electron chi connectivity index (χ2n) is 9.47. The topological polar surface area (TPSA) is 55.8 Å². The third-order valence-electron chi connectivity index (χ3n) is 7.13. The van der Waals surface area contributed by atoms with Crippen molar-refractivity contribution in [3.63, 3.8) is 0 Å². The summed E-state index contributed by atoms with van der Waals surface area (Å²) < 4.78 is 14.2. The first-order chi connectivity index (χ1) is 18.5. The SMILES string of the molecule is CCN1CCN(C(=O)c2ccc(CSc3nc(Cl)cc(N4CCN(c5ccccc5F)CC4)n3)cc2)CC1. The number of hydrogen-bond acceptors (Lipinski definition) is 7. The van der Waals surface area contributed by atoms with Gasteiger partial charge in [-0.05, 0) is 36.4 Å². The largest absolute Gasteiger partial charge is 0.366 e. The standard InChI is InChI=1S/C28H32ClFN6OS/c1-2-33-11-13-36(14-12-33)27(37)22-9-7-21(8-10-22)20-38-28-31-25(29)19-26(32-28)35-17-15-34(16-18-35)24-6-4-3-5-23(24)30/h3-10,19H,2,11-18,20H2,1H3. The molecule has 0 spiro atoms. The van der Waals surface area contributed by atoms with Gasteiger partial charge in [-0.25, -0.2) is 14.4 Å². The Balaban J connectivity index is 1.16. The molecule has 1 aromatic heterocycles. The maximum atomic E-state index is 14.2. The molecule has 1 amide bonds. The fraction of sp³-hybridized carbons (Fsp3) is 0.393. The number of nitrogens with zero attached hydrogens (tertiary/aromatic N) is 6. The van der Waals surface area contributed by atoms with Crippen molar-refractivity contribution >= 4 is 40.8 Å². The summed E-state index contributed by atoms with van der Waals surface area (Å²) in [7, 11) is 0. The number of aromatic nitrogens is 2. The molecule has 0 unspecified atom stereocenters. The van der Waals surface area contributed by atoms with Crippen molar-refractivity contribution in [3.8, 4) is 0 Å². The molecule has 2 fully saturated rings. The number of carbonyl (C=O) groups excluding carboxylic acids is 1. The maximum Gasteiger partial charge on any atom is 0.253 e. The average molecular weight is 555 g/mol. The van der Waals surface area contributed by atoms with E-state index in [-0.39, 0.29) is 11.7 Å². The lowest BCUT2D eigenvalue weighted by Crippen LogP contribution is -2.48. The molecule has 7 nitrogen and oxygen atoms in total. The van der Waals surface area contributed by atoms with Gasteiger partial charge in [-0.3, -0.25) is 4.79 Å². The fourth-order valence-corrected chi connectivity index (χ4v) is 5.87. The zero-order valence-electron chi connectivity index (χ0n) is 21.5. The van der Waals surface area contributed by atoms with Crippen molar-refractivity contribution in [1.29, 1.82) is 0 Å². The van der Waals surface area contributed by atoms with Crippen LogP contribution in [0.4, 0.5) is 15.9 Å². The number of thioether (sulfide) groups is 1. The van der Waals surface area contributed by atoms with E-state index in [1.165, 1.54) is 17.8 Å². The van der Waals surface area contributed by atoms with Gasteiger partial charge in [-0.2, -0.15) is 0 Å². The highest BCUT2D eigenvalue weighted by molar-refractivity contribution is 7.98. The summed E-state index contributed by atoms with van der Waals surface area (Å²) >= 11 is 7.86. The summed E-state index contributed by atoms with van der Waals surface area (Å²) in [5.74, 6) is 1.35. The summed E-state index contributed by atoms with van der Waals surface area (Å²) in [6.07, 6.45) is 0. The Bertz CT molecular complexity index is 1250. The van der Waals surface area contributed by atoms with E-state index in [2.05, 4.69) is 26.6 Å². The smallest absolute Gasteiger partial charge is 0.253 e. The third-order valence-corrected chi connectivity index (χ3v) is 8.25. The molecule has 2 aliphatic heterocycles. The lowest BCUT2D eigenvalue weighted by Gasteiger charge is -2.36. The average Bonchev–Trinajstić information content (AvgIpc) is 2.96. The Morgan fingerprint density at radius 1 is 0.921 bits per heavy atom. The van der Waals surface area contributed by atoms with Crippen LogP contribution in [0.1, 0.15) is 22.8 Å². The highest BCUT2D eigenvalue weighted by atomic mass is 35.5. The quantitative estimate of drug-likeness (QED) is 0.239. The zero-order valence-corrected chi connectivity index (χ0v) is 23.1. The van der Waals surface area contributed by atoms with E-state index >= 15 is 0 Å². The van der Waals surface area contributed by atoms with Crippen molar-refractivity contribution in [2.75, 3.05) is 68.7 Å². The van der Waals surface area contributed by atoms with Gasteiger partial charge in [-0.1, -0.05) is 54.6 Å². The van der Waals surface area contributed by atoms with Crippen LogP contribution >= 0.6 is 23.4 Å². The Hall–Kier alpha value is -2.88. The van der Waals surface area contributed by atoms with Crippen molar-refractivity contribution in [1.82, 2.24) is 19.8 Å². The number of likely N-dealkylation sites (N-methyl/N-ethyl adjacent to an activating group) is 1. The van der Waals surface area contributed by atoms with E-state index in [9.17, 15) is 9.18 Å². The molecule has 0 saturated carbocycles. The van der Waals surface area contributed by atoms with E-state index < -0.39 is 0 Å². The molecule has 10 heteroatoms. The van der Waals surface area contributed by atoms with E-state index in [0.717, 1.165) is 62.8 Å². The molecule has 0 atom stereocenters. The number of halogens is 2. The van der Waals surface area contributed by atoms with Crippen molar-refractivity contribution in [2.45, 2.75) is 17.8 Å². The molecule has 2 saturated heterocycles. The molecule has 3 heterocycles. The highest BCUT2D eigenvalue weighted by Gasteiger charge is 2.22. The number of carbonyl (C=O) groups is 1. The maximum absolute atomic E-state index is 14.2. The number of benzene rings is 2. The molecule has 200 valence electrons. The van der Waals surface area contributed by atoms with E-state index in [0.29, 0.717) is 34.8 Å². The molecular formula is C28H32ClFN6OS. The Kier molecular flexibility index (Phi) is 8.66. The molecule has 2 aliphatic rings. The Morgan fingerprint density at radius 3 is 2.29 bits per heavy atom. The van der Waals surface area contributed by atoms with Crippen molar-refractivity contribution < 1.29 is 9.18 Å². The van der Waals surface area contributed by atoms with Crippen LogP contribution in [-0.4, -0.2) is 84.6 Å². The summed E-state index contributed by atoms with van der Waals surface area (Å²) in [6.45, 7) is 9.42. The first-order valence-electron chi connectivity index (χ1n) is 13.0. The van der Waals surface area contributed by atoms with Gasteiger partial charge >= 0.3 is 0 Å². The molecule has 3 aromatic rings. The van der Waals surface area contributed by atoms with Crippen LogP contribution < -0.4 is 9.80 Å². The Morgan fingerprint density at radius 2 is 1.61 bits per heavy atom. The van der Waals surface area contributed by atoms with Crippen LogP contribution in [0.3, 0.4) is 0 Å². The van der Waals surface area contributed by atoms with Gasteiger partial charge in [0, 0.05) is 69.7 Å².